The van der Waals surface area contributed by atoms with Crippen LogP contribution >= 0.6 is 0 Å². The number of carbonyl (C=O) groups is 1. The van der Waals surface area contributed by atoms with Gasteiger partial charge in [-0.05, 0) is 45.0 Å². The van der Waals surface area contributed by atoms with Gasteiger partial charge in [-0.15, -0.1) is 0 Å². The normalized spacial score (nSPS) is 23.2. The fourth-order valence-electron chi connectivity index (χ4n) is 3.24. The minimum Gasteiger partial charge on any atom is -0.322 e. The Balaban J connectivity index is 1.61. The summed E-state index contributed by atoms with van der Waals surface area (Å²) in [7, 11) is 0. The van der Waals surface area contributed by atoms with Crippen molar-refractivity contribution in [3.63, 3.8) is 0 Å². The van der Waals surface area contributed by atoms with Crippen LogP contribution in [0.5, 0.6) is 0 Å². The van der Waals surface area contributed by atoms with Crippen LogP contribution in [0.3, 0.4) is 0 Å². The lowest BCUT2D eigenvalue weighted by Crippen LogP contribution is -2.33. The third kappa shape index (κ3) is 3.24. The van der Waals surface area contributed by atoms with Gasteiger partial charge in [0, 0.05) is 12.1 Å². The monoisotopic (exact) mass is 291 g/mol. The first-order valence-corrected chi connectivity index (χ1v) is 7.75. The highest BCUT2D eigenvalue weighted by Crippen LogP contribution is 2.24. The van der Waals surface area contributed by atoms with Crippen LogP contribution < -0.4 is 5.32 Å². The minimum atomic E-state index is -0.322. The molecule has 1 atom stereocenters. The van der Waals surface area contributed by atoms with Crippen molar-refractivity contribution in [2.75, 3.05) is 32.7 Å². The van der Waals surface area contributed by atoms with Gasteiger partial charge in [0.15, 0.2) is 0 Å². The van der Waals surface area contributed by atoms with E-state index in [1.54, 1.807) is 17.0 Å². The van der Waals surface area contributed by atoms with E-state index in [4.69, 9.17) is 0 Å². The zero-order chi connectivity index (χ0) is 14.7. The molecule has 3 rings (SSSR count). The molecular formula is C16H22FN3O. The number of amides is 1. The summed E-state index contributed by atoms with van der Waals surface area (Å²) in [5, 5.41) is 3.11. The fourth-order valence-corrected chi connectivity index (χ4v) is 3.24. The summed E-state index contributed by atoms with van der Waals surface area (Å²) in [5.41, 5.74) is 0.560. The van der Waals surface area contributed by atoms with Gasteiger partial charge in [-0.2, -0.15) is 0 Å². The molecule has 1 unspecified atom stereocenters. The van der Waals surface area contributed by atoms with Crippen molar-refractivity contribution in [1.29, 1.82) is 0 Å². The van der Waals surface area contributed by atoms with E-state index in [2.05, 4.69) is 10.2 Å². The lowest BCUT2D eigenvalue weighted by molar-refractivity contribution is -0.128. The molecule has 0 saturated carbocycles. The molecule has 114 valence electrons. The minimum absolute atomic E-state index is 0.0599. The summed E-state index contributed by atoms with van der Waals surface area (Å²) in [6.45, 7) is 4.34. The number of likely N-dealkylation sites (tertiary alicyclic amines) is 1. The van der Waals surface area contributed by atoms with Gasteiger partial charge in [0.2, 0.25) is 5.91 Å². The molecule has 5 heteroatoms. The van der Waals surface area contributed by atoms with Gasteiger partial charge in [0.1, 0.15) is 12.0 Å². The van der Waals surface area contributed by atoms with Crippen molar-refractivity contribution >= 4 is 5.91 Å². The molecule has 2 fully saturated rings. The third-order valence-electron chi connectivity index (χ3n) is 4.35. The first-order valence-electron chi connectivity index (χ1n) is 7.75. The van der Waals surface area contributed by atoms with Crippen molar-refractivity contribution < 1.29 is 9.18 Å². The van der Waals surface area contributed by atoms with E-state index >= 15 is 0 Å². The zero-order valence-corrected chi connectivity index (χ0v) is 12.2. The Morgan fingerprint density at radius 2 is 1.95 bits per heavy atom. The smallest absolute Gasteiger partial charge is 0.238 e. The molecule has 2 heterocycles. The van der Waals surface area contributed by atoms with Crippen molar-refractivity contribution in [2.45, 2.75) is 25.4 Å². The van der Waals surface area contributed by atoms with E-state index in [1.165, 1.54) is 32.0 Å². The lowest BCUT2D eigenvalue weighted by Gasteiger charge is -2.26. The van der Waals surface area contributed by atoms with Crippen LogP contribution in [0.25, 0.3) is 0 Å². The van der Waals surface area contributed by atoms with Crippen LogP contribution in [0.2, 0.25) is 0 Å². The van der Waals surface area contributed by atoms with Gasteiger partial charge in [-0.1, -0.05) is 18.2 Å². The summed E-state index contributed by atoms with van der Waals surface area (Å²) < 4.78 is 13.9. The molecule has 2 saturated heterocycles. The molecule has 2 aliphatic rings. The van der Waals surface area contributed by atoms with Crippen LogP contribution in [-0.4, -0.2) is 48.4 Å². The topological polar surface area (TPSA) is 35.6 Å². The van der Waals surface area contributed by atoms with Crippen LogP contribution in [0.4, 0.5) is 4.39 Å². The van der Waals surface area contributed by atoms with E-state index in [-0.39, 0.29) is 17.9 Å². The second-order valence-electron chi connectivity index (χ2n) is 5.79. The van der Waals surface area contributed by atoms with Crippen LogP contribution in [0, 0.1) is 5.82 Å². The van der Waals surface area contributed by atoms with Gasteiger partial charge in [0.05, 0.1) is 6.54 Å². The summed E-state index contributed by atoms with van der Waals surface area (Å²) in [6.07, 6.45) is 3.18. The number of carbonyl (C=O) groups excluding carboxylic acids is 1. The number of hydrogen-bond donors (Lipinski definition) is 1. The molecule has 0 spiro atoms. The van der Waals surface area contributed by atoms with Gasteiger partial charge in [-0.25, -0.2) is 4.39 Å². The maximum Gasteiger partial charge on any atom is 0.238 e. The highest BCUT2D eigenvalue weighted by molar-refractivity contribution is 5.80. The van der Waals surface area contributed by atoms with E-state index < -0.39 is 0 Å². The number of benzene rings is 1. The van der Waals surface area contributed by atoms with Crippen LogP contribution in [0.15, 0.2) is 24.3 Å². The Bertz CT molecular complexity index is 502. The summed E-state index contributed by atoms with van der Waals surface area (Å²) in [6, 6.07) is 6.68. The molecule has 1 aromatic carbocycles. The standard InChI is InChI=1S/C16H22FN3O/c17-14-7-2-1-6-13(14)16-18-12-15(21)20(16)11-5-10-19-8-3-4-9-19/h1-2,6-7,16,18H,3-5,8-12H2. The predicted octanol–water partition coefficient (Wildman–Crippen LogP) is 1.74. The van der Waals surface area contributed by atoms with Crippen molar-refractivity contribution in [3.8, 4) is 0 Å². The Kier molecular flexibility index (Phi) is 4.51. The largest absolute Gasteiger partial charge is 0.322 e. The van der Waals surface area contributed by atoms with E-state index in [1.807, 2.05) is 6.07 Å². The molecule has 2 aliphatic heterocycles. The molecule has 0 aliphatic carbocycles. The average Bonchev–Trinajstić information content (AvgIpc) is 3.11. The molecule has 0 aromatic heterocycles. The molecule has 1 N–H and O–H groups in total. The first-order chi connectivity index (χ1) is 10.3. The Morgan fingerprint density at radius 3 is 2.71 bits per heavy atom. The first kappa shape index (κ1) is 14.5. The average molecular weight is 291 g/mol. The Morgan fingerprint density at radius 1 is 1.19 bits per heavy atom. The second-order valence-corrected chi connectivity index (χ2v) is 5.79. The second kappa shape index (κ2) is 6.54. The summed E-state index contributed by atoms with van der Waals surface area (Å²) in [5.74, 6) is -0.195. The number of hydrogen-bond acceptors (Lipinski definition) is 3. The van der Waals surface area contributed by atoms with Crippen molar-refractivity contribution in [3.05, 3.63) is 35.6 Å². The number of halogens is 1. The molecule has 1 amide bonds. The van der Waals surface area contributed by atoms with Crippen LogP contribution in [0.1, 0.15) is 31.0 Å². The highest BCUT2D eigenvalue weighted by atomic mass is 19.1. The lowest BCUT2D eigenvalue weighted by atomic mass is 10.1. The van der Waals surface area contributed by atoms with Crippen molar-refractivity contribution in [1.82, 2.24) is 15.1 Å². The van der Waals surface area contributed by atoms with Crippen LogP contribution in [-0.2, 0) is 4.79 Å². The zero-order valence-electron chi connectivity index (χ0n) is 12.2. The van der Waals surface area contributed by atoms with E-state index in [9.17, 15) is 9.18 Å². The molecule has 4 nitrogen and oxygen atoms in total. The molecule has 1 aromatic rings. The highest BCUT2D eigenvalue weighted by Gasteiger charge is 2.32. The molecule has 0 radical (unpaired) electrons. The summed E-state index contributed by atoms with van der Waals surface area (Å²) >= 11 is 0. The quantitative estimate of drug-likeness (QED) is 0.897. The van der Waals surface area contributed by atoms with Gasteiger partial charge >= 0.3 is 0 Å². The number of rotatable bonds is 5. The van der Waals surface area contributed by atoms with Crippen molar-refractivity contribution in [2.24, 2.45) is 0 Å². The number of nitrogens with one attached hydrogen (secondary N) is 1. The van der Waals surface area contributed by atoms with Gasteiger partial charge in [-0.3, -0.25) is 10.1 Å². The molecular weight excluding hydrogens is 269 g/mol. The number of nitrogens with zero attached hydrogens (tertiary/aromatic N) is 2. The molecule has 21 heavy (non-hydrogen) atoms. The van der Waals surface area contributed by atoms with E-state index in [0.29, 0.717) is 18.7 Å². The van der Waals surface area contributed by atoms with E-state index in [0.717, 1.165) is 13.0 Å². The Hall–Kier alpha value is -1.46. The summed E-state index contributed by atoms with van der Waals surface area (Å²) in [4.78, 5) is 16.2. The van der Waals surface area contributed by atoms with Gasteiger partial charge < -0.3 is 9.80 Å². The predicted molar refractivity (Wildman–Crippen MR) is 79.1 cm³/mol. The maximum absolute atomic E-state index is 13.9. The third-order valence-corrected chi connectivity index (χ3v) is 4.35. The maximum atomic E-state index is 13.9. The Labute approximate surface area is 124 Å². The molecule has 0 bridgehead atoms. The fraction of sp³-hybridized carbons (Fsp3) is 0.562. The SMILES string of the molecule is O=C1CNC(c2ccccc2F)N1CCCN1CCCC1. The van der Waals surface area contributed by atoms with Gasteiger partial charge in [0.25, 0.3) is 0 Å².